The van der Waals surface area contributed by atoms with Crippen LogP contribution in [0.15, 0.2) is 22.7 Å². The number of amides is 2. The summed E-state index contributed by atoms with van der Waals surface area (Å²) in [5, 5.41) is 9.88. The van der Waals surface area contributed by atoms with Gasteiger partial charge in [0.2, 0.25) is 0 Å². The molecule has 1 aromatic heterocycles. The van der Waals surface area contributed by atoms with Crippen molar-refractivity contribution in [3.8, 4) is 0 Å². The lowest BCUT2D eigenvalue weighted by atomic mass is 10.1. The topological polar surface area (TPSA) is 70.4 Å². The Morgan fingerprint density at radius 3 is 2.88 bits per heavy atom. The summed E-state index contributed by atoms with van der Waals surface area (Å²) >= 11 is 0. The first-order valence-corrected chi connectivity index (χ1v) is 8.85. The first kappa shape index (κ1) is 17.3. The van der Waals surface area contributed by atoms with Gasteiger partial charge in [-0.1, -0.05) is 11.2 Å². The molecule has 1 atom stereocenters. The highest BCUT2D eigenvalue weighted by Gasteiger charge is 2.19. The van der Waals surface area contributed by atoms with Gasteiger partial charge in [-0.3, -0.25) is 0 Å². The highest BCUT2D eigenvalue weighted by Crippen LogP contribution is 2.30. The Bertz CT molecular complexity index is 749. The van der Waals surface area contributed by atoms with E-state index in [9.17, 15) is 4.79 Å². The van der Waals surface area contributed by atoms with Gasteiger partial charge in [0.05, 0.1) is 5.69 Å². The normalized spacial score (nSPS) is 14.3. The van der Waals surface area contributed by atoms with E-state index in [1.165, 1.54) is 11.3 Å². The third-order valence-electron chi connectivity index (χ3n) is 4.79. The Morgan fingerprint density at radius 1 is 1.40 bits per heavy atom. The predicted octanol–water partition coefficient (Wildman–Crippen LogP) is 3.43. The molecule has 0 fully saturated rings. The van der Waals surface area contributed by atoms with Gasteiger partial charge in [-0.15, -0.1) is 0 Å². The SMILES string of the molecule is CCN1CCc2ccc(NC(=O)N[C@@H](C)Cc3c(C)noc3C)cc21. The van der Waals surface area contributed by atoms with Crippen molar-refractivity contribution >= 4 is 17.4 Å². The van der Waals surface area contributed by atoms with Crippen molar-refractivity contribution < 1.29 is 9.32 Å². The van der Waals surface area contributed by atoms with E-state index in [0.29, 0.717) is 6.42 Å². The molecular formula is C19H26N4O2. The van der Waals surface area contributed by atoms with Crippen LogP contribution in [-0.4, -0.2) is 30.3 Å². The molecule has 2 aromatic rings. The van der Waals surface area contributed by atoms with Crippen molar-refractivity contribution in [3.05, 3.63) is 40.8 Å². The van der Waals surface area contributed by atoms with E-state index in [-0.39, 0.29) is 12.1 Å². The molecule has 0 saturated heterocycles. The third kappa shape index (κ3) is 3.78. The van der Waals surface area contributed by atoms with Crippen molar-refractivity contribution in [2.24, 2.45) is 0 Å². The van der Waals surface area contributed by atoms with Gasteiger partial charge < -0.3 is 20.1 Å². The van der Waals surface area contributed by atoms with Crippen LogP contribution in [-0.2, 0) is 12.8 Å². The lowest BCUT2D eigenvalue weighted by Gasteiger charge is -2.18. The van der Waals surface area contributed by atoms with Gasteiger partial charge in [-0.05, 0) is 58.2 Å². The number of carbonyl (C=O) groups is 1. The molecule has 2 amide bonds. The maximum Gasteiger partial charge on any atom is 0.319 e. The van der Waals surface area contributed by atoms with Crippen LogP contribution in [0.4, 0.5) is 16.2 Å². The number of hydrogen-bond acceptors (Lipinski definition) is 4. The van der Waals surface area contributed by atoms with Crippen LogP contribution in [0.5, 0.6) is 0 Å². The van der Waals surface area contributed by atoms with E-state index in [1.54, 1.807) is 0 Å². The standard InChI is InChI=1S/C19H26N4O2/c1-5-23-9-8-15-6-7-16(11-18(15)23)21-19(24)20-12(2)10-17-13(3)22-25-14(17)4/h6-7,11-12H,5,8-10H2,1-4H3,(H2,20,21,24)/t12-/m0/s1. The minimum atomic E-state index is -0.194. The lowest BCUT2D eigenvalue weighted by molar-refractivity contribution is 0.249. The van der Waals surface area contributed by atoms with E-state index in [4.69, 9.17) is 4.52 Å². The number of nitrogens with zero attached hydrogens (tertiary/aromatic N) is 2. The van der Waals surface area contributed by atoms with Crippen molar-refractivity contribution in [1.29, 1.82) is 0 Å². The number of fused-ring (bicyclic) bond motifs is 1. The Balaban J connectivity index is 1.59. The second kappa shape index (κ2) is 7.17. The van der Waals surface area contributed by atoms with Crippen LogP contribution in [0.1, 0.15) is 36.4 Å². The smallest absolute Gasteiger partial charge is 0.319 e. The summed E-state index contributed by atoms with van der Waals surface area (Å²) in [6.45, 7) is 9.98. The summed E-state index contributed by atoms with van der Waals surface area (Å²) in [5.74, 6) is 0.810. The minimum absolute atomic E-state index is 0.0154. The van der Waals surface area contributed by atoms with Gasteiger partial charge >= 0.3 is 6.03 Å². The molecule has 6 heteroatoms. The lowest BCUT2D eigenvalue weighted by Crippen LogP contribution is -2.37. The quantitative estimate of drug-likeness (QED) is 0.873. The van der Waals surface area contributed by atoms with Crippen LogP contribution in [0, 0.1) is 13.8 Å². The number of anilines is 2. The summed E-state index contributed by atoms with van der Waals surface area (Å²) in [7, 11) is 0. The Morgan fingerprint density at radius 2 is 2.20 bits per heavy atom. The zero-order valence-corrected chi connectivity index (χ0v) is 15.3. The number of nitrogens with one attached hydrogen (secondary N) is 2. The first-order valence-electron chi connectivity index (χ1n) is 8.85. The van der Waals surface area contributed by atoms with E-state index >= 15 is 0 Å². The van der Waals surface area contributed by atoms with Crippen molar-refractivity contribution in [3.63, 3.8) is 0 Å². The molecular weight excluding hydrogens is 316 g/mol. The second-order valence-corrected chi connectivity index (χ2v) is 6.68. The highest BCUT2D eigenvalue weighted by molar-refractivity contribution is 5.90. The van der Waals surface area contributed by atoms with Crippen LogP contribution in [0.3, 0.4) is 0 Å². The average Bonchev–Trinajstić information content (AvgIpc) is 3.12. The van der Waals surface area contributed by atoms with Crippen molar-refractivity contribution in [2.45, 2.75) is 46.6 Å². The average molecular weight is 342 g/mol. The van der Waals surface area contributed by atoms with Crippen LogP contribution in [0.25, 0.3) is 0 Å². The number of urea groups is 1. The largest absolute Gasteiger partial charge is 0.371 e. The third-order valence-corrected chi connectivity index (χ3v) is 4.79. The van der Waals surface area contributed by atoms with Gasteiger partial charge in [0.25, 0.3) is 0 Å². The Hall–Kier alpha value is -2.50. The molecule has 0 radical (unpaired) electrons. The fourth-order valence-corrected chi connectivity index (χ4v) is 3.39. The molecule has 0 aliphatic carbocycles. The molecule has 1 aliphatic heterocycles. The predicted molar refractivity (Wildman–Crippen MR) is 99.3 cm³/mol. The van der Waals surface area contributed by atoms with Gasteiger partial charge in [0.15, 0.2) is 0 Å². The Labute approximate surface area is 148 Å². The molecule has 1 aromatic carbocycles. The minimum Gasteiger partial charge on any atom is -0.371 e. The van der Waals surface area contributed by atoms with Crippen LogP contribution < -0.4 is 15.5 Å². The van der Waals surface area contributed by atoms with Crippen molar-refractivity contribution in [1.82, 2.24) is 10.5 Å². The number of aromatic nitrogens is 1. The molecule has 1 aliphatic rings. The number of rotatable bonds is 5. The molecule has 2 N–H and O–H groups in total. The molecule has 0 bridgehead atoms. The summed E-state index contributed by atoms with van der Waals surface area (Å²) < 4.78 is 5.18. The van der Waals surface area contributed by atoms with Gasteiger partial charge in [-0.2, -0.15) is 0 Å². The number of aryl methyl sites for hydroxylation is 2. The Kier molecular flexibility index (Phi) is 4.97. The van der Waals surface area contributed by atoms with E-state index in [0.717, 1.165) is 42.2 Å². The molecule has 0 spiro atoms. The fourth-order valence-electron chi connectivity index (χ4n) is 3.39. The molecule has 3 rings (SSSR count). The highest BCUT2D eigenvalue weighted by atomic mass is 16.5. The van der Waals surface area contributed by atoms with Crippen LogP contribution >= 0.6 is 0 Å². The molecule has 134 valence electrons. The zero-order chi connectivity index (χ0) is 18.0. The fraction of sp³-hybridized carbons (Fsp3) is 0.474. The molecule has 2 heterocycles. The number of benzene rings is 1. The monoisotopic (exact) mass is 342 g/mol. The zero-order valence-electron chi connectivity index (χ0n) is 15.3. The van der Waals surface area contributed by atoms with Gasteiger partial charge in [0, 0.05) is 36.1 Å². The van der Waals surface area contributed by atoms with E-state index < -0.39 is 0 Å². The molecule has 25 heavy (non-hydrogen) atoms. The first-order chi connectivity index (χ1) is 12.0. The number of likely N-dealkylation sites (N-methyl/N-ethyl adjacent to an activating group) is 1. The maximum atomic E-state index is 12.3. The van der Waals surface area contributed by atoms with Crippen LogP contribution in [0.2, 0.25) is 0 Å². The molecule has 0 saturated carbocycles. The van der Waals surface area contributed by atoms with Gasteiger partial charge in [0.1, 0.15) is 5.76 Å². The number of hydrogen-bond donors (Lipinski definition) is 2. The van der Waals surface area contributed by atoms with Gasteiger partial charge in [-0.25, -0.2) is 4.79 Å². The molecule has 6 nitrogen and oxygen atoms in total. The summed E-state index contributed by atoms with van der Waals surface area (Å²) in [6, 6.07) is 5.92. The number of carbonyl (C=O) groups excluding carboxylic acids is 1. The summed E-state index contributed by atoms with van der Waals surface area (Å²) in [6.07, 6.45) is 1.77. The van der Waals surface area contributed by atoms with E-state index in [1.807, 2.05) is 26.8 Å². The van der Waals surface area contributed by atoms with E-state index in [2.05, 4.69) is 39.7 Å². The molecule has 0 unspecified atom stereocenters. The van der Waals surface area contributed by atoms with Crippen molar-refractivity contribution in [2.75, 3.05) is 23.3 Å². The summed E-state index contributed by atoms with van der Waals surface area (Å²) in [5.41, 5.74) is 5.33. The summed E-state index contributed by atoms with van der Waals surface area (Å²) in [4.78, 5) is 14.6. The maximum absolute atomic E-state index is 12.3. The second-order valence-electron chi connectivity index (χ2n) is 6.68.